The number of anilines is 1. The molecule has 2 heterocycles. The van der Waals surface area contributed by atoms with Crippen LogP contribution in [0.25, 0.3) is 10.9 Å². The highest BCUT2D eigenvalue weighted by Gasteiger charge is 2.34. The van der Waals surface area contributed by atoms with E-state index in [0.29, 0.717) is 16.8 Å². The molecule has 0 aliphatic carbocycles. The summed E-state index contributed by atoms with van der Waals surface area (Å²) in [6.45, 7) is 3.12. The maximum Gasteiger partial charge on any atom is 0.416 e. The smallest absolute Gasteiger partial charge is 0.416 e. The second kappa shape index (κ2) is 7.54. The number of hydrogen-bond donors (Lipinski definition) is 2. The SMILES string of the molecule is CCOC(=O)c1c(O)c2c(F)cc(C)c3c2n(c1=O)C(c1ccc(C(F)(F)F)cc1)CN3. The lowest BCUT2D eigenvalue weighted by atomic mass is 9.97. The molecule has 0 bridgehead atoms. The van der Waals surface area contributed by atoms with Crippen LogP contribution in [0.3, 0.4) is 0 Å². The molecule has 3 aromatic rings. The van der Waals surface area contributed by atoms with E-state index in [0.717, 1.165) is 22.8 Å². The minimum atomic E-state index is -4.53. The molecule has 1 atom stereocenters. The van der Waals surface area contributed by atoms with Crippen LogP contribution in [0.2, 0.25) is 0 Å². The lowest BCUT2D eigenvalue weighted by Gasteiger charge is -2.31. The van der Waals surface area contributed by atoms with Gasteiger partial charge in [-0.3, -0.25) is 9.36 Å². The molecule has 4 rings (SSSR count). The molecule has 10 heteroatoms. The first kappa shape index (κ1) is 21.7. The van der Waals surface area contributed by atoms with Crippen molar-refractivity contribution < 1.29 is 32.2 Å². The zero-order chi connectivity index (χ0) is 23.4. The Bertz CT molecular complexity index is 1300. The molecule has 0 fully saturated rings. The van der Waals surface area contributed by atoms with E-state index in [9.17, 15) is 32.3 Å². The number of aromatic nitrogens is 1. The molecule has 168 valence electrons. The Kier molecular flexibility index (Phi) is 5.10. The minimum absolute atomic E-state index is 0.0224. The predicted octanol–water partition coefficient (Wildman–Crippen LogP) is 4.37. The number of esters is 1. The molecule has 0 spiro atoms. The van der Waals surface area contributed by atoms with Crippen molar-refractivity contribution >= 4 is 22.6 Å². The third kappa shape index (κ3) is 3.26. The Labute approximate surface area is 179 Å². The topological polar surface area (TPSA) is 80.6 Å². The van der Waals surface area contributed by atoms with Crippen molar-refractivity contribution in [2.45, 2.75) is 26.1 Å². The van der Waals surface area contributed by atoms with Gasteiger partial charge in [-0.05, 0) is 43.2 Å². The van der Waals surface area contributed by atoms with E-state index >= 15 is 0 Å². The normalized spacial score (nSPS) is 15.5. The minimum Gasteiger partial charge on any atom is -0.506 e. The molecule has 0 saturated heterocycles. The average Bonchev–Trinajstić information content (AvgIpc) is 2.72. The summed E-state index contributed by atoms with van der Waals surface area (Å²) in [6.07, 6.45) is -4.53. The van der Waals surface area contributed by atoms with Crippen molar-refractivity contribution in [2.24, 2.45) is 0 Å². The van der Waals surface area contributed by atoms with E-state index in [1.807, 2.05) is 0 Å². The molecule has 1 aliphatic rings. The van der Waals surface area contributed by atoms with Crippen LogP contribution in [0.4, 0.5) is 23.2 Å². The van der Waals surface area contributed by atoms with Crippen molar-refractivity contribution in [1.29, 1.82) is 0 Å². The second-order valence-corrected chi connectivity index (χ2v) is 7.41. The molecule has 0 amide bonds. The summed E-state index contributed by atoms with van der Waals surface area (Å²) in [7, 11) is 0. The quantitative estimate of drug-likeness (QED) is 0.458. The molecular weight excluding hydrogens is 432 g/mol. The van der Waals surface area contributed by atoms with Gasteiger partial charge in [0.1, 0.15) is 11.6 Å². The number of halogens is 4. The fourth-order valence-corrected chi connectivity index (χ4v) is 4.03. The molecule has 32 heavy (non-hydrogen) atoms. The number of rotatable bonds is 3. The van der Waals surface area contributed by atoms with Crippen molar-refractivity contribution in [3.8, 4) is 5.75 Å². The van der Waals surface area contributed by atoms with Crippen LogP contribution in [0.1, 0.15) is 40.0 Å². The van der Waals surface area contributed by atoms with Gasteiger partial charge < -0.3 is 15.2 Å². The first-order chi connectivity index (χ1) is 15.1. The number of carbonyl (C=O) groups is 1. The third-order valence-corrected chi connectivity index (χ3v) is 5.48. The van der Waals surface area contributed by atoms with E-state index in [2.05, 4.69) is 5.32 Å². The summed E-state index contributed by atoms with van der Waals surface area (Å²) in [5, 5.41) is 13.4. The number of nitrogens with zero attached hydrogens (tertiary/aromatic N) is 1. The average molecular weight is 450 g/mol. The van der Waals surface area contributed by atoms with E-state index in [1.54, 1.807) is 6.92 Å². The maximum absolute atomic E-state index is 14.9. The van der Waals surface area contributed by atoms with Gasteiger partial charge in [-0.15, -0.1) is 0 Å². The van der Waals surface area contributed by atoms with E-state index in [-0.39, 0.29) is 24.1 Å². The second-order valence-electron chi connectivity index (χ2n) is 7.41. The summed E-state index contributed by atoms with van der Waals surface area (Å²) in [5.41, 5.74) is -1.32. The van der Waals surface area contributed by atoms with Gasteiger partial charge in [0, 0.05) is 6.54 Å². The Hall–Kier alpha value is -3.56. The van der Waals surface area contributed by atoms with Crippen LogP contribution in [-0.2, 0) is 10.9 Å². The molecular formula is C22H18F4N2O4. The van der Waals surface area contributed by atoms with Crippen molar-refractivity contribution in [3.05, 3.63) is 68.8 Å². The Morgan fingerprint density at radius 2 is 1.94 bits per heavy atom. The number of carbonyl (C=O) groups excluding carboxylic acids is 1. The first-order valence-electron chi connectivity index (χ1n) is 9.74. The van der Waals surface area contributed by atoms with Gasteiger partial charge >= 0.3 is 12.1 Å². The number of nitrogens with one attached hydrogen (secondary N) is 1. The number of pyridine rings is 1. The monoisotopic (exact) mass is 450 g/mol. The number of aryl methyl sites for hydroxylation is 1. The predicted molar refractivity (Wildman–Crippen MR) is 109 cm³/mol. The molecule has 0 saturated carbocycles. The molecule has 1 aromatic heterocycles. The highest BCUT2D eigenvalue weighted by Crippen LogP contribution is 2.41. The highest BCUT2D eigenvalue weighted by atomic mass is 19.4. The van der Waals surface area contributed by atoms with Crippen molar-refractivity contribution in [3.63, 3.8) is 0 Å². The molecule has 1 aliphatic heterocycles. The van der Waals surface area contributed by atoms with Gasteiger partial charge in [0.15, 0.2) is 5.56 Å². The van der Waals surface area contributed by atoms with Crippen LogP contribution in [0.15, 0.2) is 35.1 Å². The van der Waals surface area contributed by atoms with Gasteiger partial charge in [0.05, 0.1) is 34.8 Å². The summed E-state index contributed by atoms with van der Waals surface area (Å²) in [6, 6.07) is 4.51. The molecule has 1 unspecified atom stereocenters. The van der Waals surface area contributed by atoms with E-state index in [4.69, 9.17) is 4.74 Å². The zero-order valence-electron chi connectivity index (χ0n) is 17.0. The van der Waals surface area contributed by atoms with Gasteiger partial charge in [0.2, 0.25) is 0 Å². The Balaban J connectivity index is 2.04. The van der Waals surface area contributed by atoms with Crippen LogP contribution in [-0.4, -0.2) is 28.8 Å². The Morgan fingerprint density at radius 1 is 1.28 bits per heavy atom. The molecule has 6 nitrogen and oxygen atoms in total. The summed E-state index contributed by atoms with van der Waals surface area (Å²) in [5.74, 6) is -2.81. The van der Waals surface area contributed by atoms with E-state index < -0.39 is 46.4 Å². The number of hydrogen-bond acceptors (Lipinski definition) is 5. The van der Waals surface area contributed by atoms with Crippen molar-refractivity contribution in [2.75, 3.05) is 18.5 Å². The molecule has 2 aromatic carbocycles. The first-order valence-corrected chi connectivity index (χ1v) is 9.74. The summed E-state index contributed by atoms with van der Waals surface area (Å²) < 4.78 is 59.8. The zero-order valence-corrected chi connectivity index (χ0v) is 17.0. The van der Waals surface area contributed by atoms with Crippen LogP contribution in [0.5, 0.6) is 5.75 Å². The summed E-state index contributed by atoms with van der Waals surface area (Å²) >= 11 is 0. The number of benzene rings is 2. The van der Waals surface area contributed by atoms with Gasteiger partial charge in [-0.1, -0.05) is 12.1 Å². The van der Waals surface area contributed by atoms with Gasteiger partial charge in [-0.25, -0.2) is 9.18 Å². The molecule has 0 radical (unpaired) electrons. The van der Waals surface area contributed by atoms with Crippen LogP contribution < -0.4 is 10.9 Å². The van der Waals surface area contributed by atoms with E-state index in [1.165, 1.54) is 19.1 Å². The summed E-state index contributed by atoms with van der Waals surface area (Å²) in [4.78, 5) is 25.8. The standard InChI is InChI=1S/C22H18F4N2O4/c1-3-32-21(31)16-19(29)15-13(23)8-10(2)17-18(15)28(20(16)30)14(9-27-17)11-4-6-12(7-5-11)22(24,25)26/h4-8,14,27,29H,3,9H2,1-2H3. The lowest BCUT2D eigenvalue weighted by molar-refractivity contribution is -0.137. The fraction of sp³-hybridized carbons (Fsp3) is 0.273. The fourth-order valence-electron chi connectivity index (χ4n) is 4.03. The molecule has 2 N–H and O–H groups in total. The maximum atomic E-state index is 14.9. The lowest BCUT2D eigenvalue weighted by Crippen LogP contribution is -2.37. The van der Waals surface area contributed by atoms with Crippen LogP contribution >= 0.6 is 0 Å². The van der Waals surface area contributed by atoms with Gasteiger partial charge in [0.25, 0.3) is 5.56 Å². The highest BCUT2D eigenvalue weighted by molar-refractivity contribution is 6.04. The Morgan fingerprint density at radius 3 is 2.53 bits per heavy atom. The number of ether oxygens (including phenoxy) is 1. The van der Waals surface area contributed by atoms with Gasteiger partial charge in [-0.2, -0.15) is 13.2 Å². The number of alkyl halides is 3. The third-order valence-electron chi connectivity index (χ3n) is 5.48. The largest absolute Gasteiger partial charge is 0.506 e. The van der Waals surface area contributed by atoms with Crippen molar-refractivity contribution in [1.82, 2.24) is 4.57 Å². The number of aromatic hydroxyl groups is 1. The van der Waals surface area contributed by atoms with Crippen LogP contribution in [0, 0.1) is 12.7 Å².